The Kier molecular flexibility index (Phi) is 8.68. The number of ether oxygens (including phenoxy) is 1. The number of benzene rings is 1. The van der Waals surface area contributed by atoms with Crippen molar-refractivity contribution in [1.29, 1.82) is 0 Å². The van der Waals surface area contributed by atoms with Crippen LogP contribution >= 0.6 is 0 Å². The number of unbranched alkanes of at least 4 members (excludes halogenated alkanes) is 1. The van der Waals surface area contributed by atoms with E-state index in [1.54, 1.807) is 12.1 Å². The molecule has 2 aliphatic rings. The van der Waals surface area contributed by atoms with Gasteiger partial charge in [0.2, 0.25) is 10.0 Å². The molecule has 8 heteroatoms. The number of nitrogens with zero attached hydrogens (tertiary/aromatic N) is 1. The first-order chi connectivity index (χ1) is 14.5. The van der Waals surface area contributed by atoms with Crippen molar-refractivity contribution in [1.82, 2.24) is 14.9 Å². The molecular weight excluding hydrogens is 402 g/mol. The highest BCUT2D eigenvalue weighted by atomic mass is 32.2. The fourth-order valence-corrected chi connectivity index (χ4v) is 5.27. The van der Waals surface area contributed by atoms with Gasteiger partial charge < -0.3 is 10.1 Å². The summed E-state index contributed by atoms with van der Waals surface area (Å²) in [6.45, 7) is 5.88. The maximum atomic E-state index is 12.7. The van der Waals surface area contributed by atoms with Crippen LogP contribution in [0.3, 0.4) is 0 Å². The first kappa shape index (κ1) is 23.2. The Labute approximate surface area is 180 Å². The molecule has 168 valence electrons. The van der Waals surface area contributed by atoms with Gasteiger partial charge >= 0.3 is 0 Å². The number of hydrogen-bond donors (Lipinski definition) is 2. The van der Waals surface area contributed by atoms with E-state index in [0.717, 1.165) is 38.8 Å². The molecule has 7 nitrogen and oxygen atoms in total. The Morgan fingerprint density at radius 1 is 1.20 bits per heavy atom. The molecule has 0 saturated carbocycles. The molecule has 1 aromatic rings. The maximum absolute atomic E-state index is 12.7. The summed E-state index contributed by atoms with van der Waals surface area (Å²) in [5, 5.41) is 3.01. The first-order valence-electron chi connectivity index (χ1n) is 11.2. The fraction of sp³-hybridized carbons (Fsp3) is 0.682. The highest BCUT2D eigenvalue weighted by molar-refractivity contribution is 7.89. The molecule has 2 atom stereocenters. The van der Waals surface area contributed by atoms with Crippen molar-refractivity contribution in [2.75, 3.05) is 32.8 Å². The van der Waals surface area contributed by atoms with Crippen LogP contribution in [0.1, 0.15) is 62.2 Å². The summed E-state index contributed by atoms with van der Waals surface area (Å²) in [5.74, 6) is -0.229. The SMILES string of the molecule is CCCCN1CCCCC1CNC(=O)c1cccc(S(=O)(=O)NCC2CCCO2)c1. The third-order valence-corrected chi connectivity index (χ3v) is 7.40. The number of nitrogens with one attached hydrogen (secondary N) is 2. The predicted octanol–water partition coefficient (Wildman–Crippen LogP) is 2.53. The molecule has 2 heterocycles. The van der Waals surface area contributed by atoms with E-state index in [9.17, 15) is 13.2 Å². The van der Waals surface area contributed by atoms with Crippen LogP contribution in [0.15, 0.2) is 29.2 Å². The van der Waals surface area contributed by atoms with Crippen molar-refractivity contribution >= 4 is 15.9 Å². The van der Waals surface area contributed by atoms with E-state index in [2.05, 4.69) is 21.9 Å². The van der Waals surface area contributed by atoms with Gasteiger partial charge in [0, 0.05) is 31.3 Å². The molecule has 1 amide bonds. The van der Waals surface area contributed by atoms with Crippen LogP contribution in [0.5, 0.6) is 0 Å². The van der Waals surface area contributed by atoms with E-state index < -0.39 is 10.0 Å². The van der Waals surface area contributed by atoms with Gasteiger partial charge in [-0.1, -0.05) is 25.8 Å². The molecule has 2 unspecified atom stereocenters. The van der Waals surface area contributed by atoms with Crippen LogP contribution in [0.25, 0.3) is 0 Å². The number of piperidine rings is 1. The lowest BCUT2D eigenvalue weighted by molar-refractivity contribution is 0.0912. The van der Waals surface area contributed by atoms with Crippen molar-refractivity contribution in [3.63, 3.8) is 0 Å². The van der Waals surface area contributed by atoms with E-state index in [0.29, 0.717) is 24.8 Å². The van der Waals surface area contributed by atoms with E-state index in [1.165, 1.54) is 31.4 Å². The van der Waals surface area contributed by atoms with E-state index in [-0.39, 0.29) is 23.5 Å². The highest BCUT2D eigenvalue weighted by Gasteiger charge is 2.23. The lowest BCUT2D eigenvalue weighted by Crippen LogP contribution is -2.47. The average molecular weight is 438 g/mol. The summed E-state index contributed by atoms with van der Waals surface area (Å²) in [6.07, 6.45) is 7.57. The van der Waals surface area contributed by atoms with E-state index in [1.807, 2.05) is 0 Å². The van der Waals surface area contributed by atoms with Crippen molar-refractivity contribution < 1.29 is 17.9 Å². The van der Waals surface area contributed by atoms with E-state index >= 15 is 0 Å². The van der Waals surface area contributed by atoms with Crippen LogP contribution < -0.4 is 10.0 Å². The Bertz CT molecular complexity index is 793. The second kappa shape index (κ2) is 11.2. The van der Waals surface area contributed by atoms with Gasteiger partial charge in [-0.15, -0.1) is 0 Å². The van der Waals surface area contributed by atoms with Crippen molar-refractivity contribution in [2.24, 2.45) is 0 Å². The van der Waals surface area contributed by atoms with Gasteiger partial charge in [0.25, 0.3) is 5.91 Å². The molecule has 0 bridgehead atoms. The molecule has 2 fully saturated rings. The second-order valence-corrected chi connectivity index (χ2v) is 10.0. The number of carbonyl (C=O) groups is 1. The summed E-state index contributed by atoms with van der Waals surface area (Å²) in [6, 6.07) is 6.59. The van der Waals surface area contributed by atoms with E-state index in [4.69, 9.17) is 4.74 Å². The smallest absolute Gasteiger partial charge is 0.251 e. The van der Waals surface area contributed by atoms with Gasteiger partial charge in [-0.05, 0) is 63.4 Å². The molecule has 2 N–H and O–H groups in total. The average Bonchev–Trinajstić information content (AvgIpc) is 3.29. The maximum Gasteiger partial charge on any atom is 0.251 e. The molecule has 30 heavy (non-hydrogen) atoms. The third-order valence-electron chi connectivity index (χ3n) is 5.98. The molecule has 1 aromatic carbocycles. The zero-order valence-electron chi connectivity index (χ0n) is 17.9. The van der Waals surface area contributed by atoms with Gasteiger partial charge in [0.05, 0.1) is 11.0 Å². The normalized spacial score (nSPS) is 22.8. The monoisotopic (exact) mass is 437 g/mol. The Morgan fingerprint density at radius 3 is 2.83 bits per heavy atom. The third kappa shape index (κ3) is 6.51. The van der Waals surface area contributed by atoms with Gasteiger partial charge in [-0.25, -0.2) is 13.1 Å². The first-order valence-corrected chi connectivity index (χ1v) is 12.7. The standard InChI is InChI=1S/C22H35N3O4S/c1-2-3-12-25-13-5-4-9-19(25)16-23-22(26)18-8-6-11-21(15-18)30(27,28)24-17-20-10-7-14-29-20/h6,8,11,15,19-20,24H,2-5,7,9-10,12-14,16-17H2,1H3,(H,23,26). The van der Waals surface area contributed by atoms with Crippen LogP contribution in [-0.2, 0) is 14.8 Å². The minimum atomic E-state index is -3.68. The number of likely N-dealkylation sites (tertiary alicyclic amines) is 1. The predicted molar refractivity (Wildman–Crippen MR) is 117 cm³/mol. The van der Waals surface area contributed by atoms with Crippen LogP contribution in [0.4, 0.5) is 0 Å². The minimum Gasteiger partial charge on any atom is -0.377 e. The minimum absolute atomic E-state index is 0.0718. The van der Waals surface area contributed by atoms with Gasteiger partial charge in [0.15, 0.2) is 0 Å². The largest absolute Gasteiger partial charge is 0.377 e. The molecule has 0 radical (unpaired) electrons. The molecule has 0 spiro atoms. The second-order valence-electron chi connectivity index (χ2n) is 8.26. The van der Waals surface area contributed by atoms with Gasteiger partial charge in [-0.3, -0.25) is 9.69 Å². The van der Waals surface area contributed by atoms with Crippen molar-refractivity contribution in [2.45, 2.75) is 68.9 Å². The van der Waals surface area contributed by atoms with Crippen LogP contribution in [0.2, 0.25) is 0 Å². The summed E-state index contributed by atoms with van der Waals surface area (Å²) in [4.78, 5) is 15.3. The van der Waals surface area contributed by atoms with Gasteiger partial charge in [-0.2, -0.15) is 0 Å². The Hall–Kier alpha value is -1.48. The summed E-state index contributed by atoms with van der Waals surface area (Å²) >= 11 is 0. The van der Waals surface area contributed by atoms with Crippen molar-refractivity contribution in [3.05, 3.63) is 29.8 Å². The zero-order valence-corrected chi connectivity index (χ0v) is 18.8. The summed E-state index contributed by atoms with van der Waals surface area (Å²) in [5.41, 5.74) is 0.367. The zero-order chi connectivity index (χ0) is 21.4. The number of rotatable bonds is 10. The van der Waals surface area contributed by atoms with Crippen LogP contribution in [0, 0.1) is 0 Å². The number of hydrogen-bond acceptors (Lipinski definition) is 5. The van der Waals surface area contributed by atoms with Crippen LogP contribution in [-0.4, -0.2) is 64.2 Å². The van der Waals surface area contributed by atoms with Crippen molar-refractivity contribution in [3.8, 4) is 0 Å². The summed E-state index contributed by atoms with van der Waals surface area (Å²) in [7, 11) is -3.68. The summed E-state index contributed by atoms with van der Waals surface area (Å²) < 4.78 is 33.3. The Morgan fingerprint density at radius 2 is 2.07 bits per heavy atom. The number of sulfonamides is 1. The topological polar surface area (TPSA) is 87.7 Å². The lowest BCUT2D eigenvalue weighted by atomic mass is 10.0. The molecule has 0 aromatic heterocycles. The number of amides is 1. The quantitative estimate of drug-likeness (QED) is 0.587. The number of carbonyl (C=O) groups excluding carboxylic acids is 1. The molecule has 2 aliphatic heterocycles. The van der Waals surface area contributed by atoms with Gasteiger partial charge in [0.1, 0.15) is 0 Å². The highest BCUT2D eigenvalue weighted by Crippen LogP contribution is 2.18. The Balaban J connectivity index is 1.57. The molecule has 2 saturated heterocycles. The molecule has 0 aliphatic carbocycles. The molecule has 3 rings (SSSR count). The molecular formula is C22H35N3O4S. The lowest BCUT2D eigenvalue weighted by Gasteiger charge is -2.35. The fourth-order valence-electron chi connectivity index (χ4n) is 4.16.